The van der Waals surface area contributed by atoms with Crippen LogP contribution in [0.3, 0.4) is 0 Å². The Kier molecular flexibility index (Phi) is 10.3. The molecule has 0 aliphatic rings. The van der Waals surface area contributed by atoms with E-state index in [1.165, 1.54) is 0 Å². The number of hydrogen-bond donors (Lipinski definition) is 1. The van der Waals surface area contributed by atoms with E-state index in [2.05, 4.69) is 12.2 Å². The van der Waals surface area contributed by atoms with Gasteiger partial charge in [0, 0.05) is 18.1 Å². The molecule has 0 heterocycles. The third-order valence-corrected chi connectivity index (χ3v) is 5.62. The Bertz CT molecular complexity index is 903. The number of halogens is 1. The first kappa shape index (κ1) is 25.5. The van der Waals surface area contributed by atoms with E-state index in [0.717, 1.165) is 24.0 Å². The van der Waals surface area contributed by atoms with E-state index >= 15 is 0 Å². The van der Waals surface area contributed by atoms with Gasteiger partial charge in [0.05, 0.1) is 7.11 Å². The van der Waals surface area contributed by atoms with E-state index in [1.54, 1.807) is 30.2 Å². The Morgan fingerprint density at radius 2 is 1.91 bits per heavy atom. The molecule has 174 valence electrons. The molecule has 0 fully saturated rings. The SMILES string of the molecule is CCCCNC(=O)C(CC)N(Cc1cccc(OC)c1)C(=O)COc1ccc(Cl)c(C)c1. The number of ether oxygens (including phenoxy) is 2. The summed E-state index contributed by atoms with van der Waals surface area (Å²) in [6.07, 6.45) is 2.37. The minimum Gasteiger partial charge on any atom is -0.497 e. The molecule has 0 aliphatic carbocycles. The van der Waals surface area contributed by atoms with Gasteiger partial charge in [0.25, 0.3) is 5.91 Å². The lowest BCUT2D eigenvalue weighted by Gasteiger charge is -2.30. The van der Waals surface area contributed by atoms with Crippen LogP contribution in [0.4, 0.5) is 0 Å². The number of carbonyl (C=O) groups is 2. The van der Waals surface area contributed by atoms with E-state index in [4.69, 9.17) is 21.1 Å². The van der Waals surface area contributed by atoms with Crippen molar-refractivity contribution in [2.24, 2.45) is 0 Å². The van der Waals surface area contributed by atoms with Crippen LogP contribution in [0.1, 0.15) is 44.2 Å². The molecule has 2 aromatic carbocycles. The summed E-state index contributed by atoms with van der Waals surface area (Å²) < 4.78 is 11.0. The van der Waals surface area contributed by atoms with Gasteiger partial charge in [0.2, 0.25) is 5.91 Å². The lowest BCUT2D eigenvalue weighted by Crippen LogP contribution is -2.50. The molecule has 1 N–H and O–H groups in total. The molecule has 0 saturated heterocycles. The number of amides is 2. The maximum atomic E-state index is 13.2. The van der Waals surface area contributed by atoms with Crippen LogP contribution in [0, 0.1) is 6.92 Å². The van der Waals surface area contributed by atoms with Crippen LogP contribution in [-0.2, 0) is 16.1 Å². The number of benzene rings is 2. The Labute approximate surface area is 195 Å². The van der Waals surface area contributed by atoms with Crippen molar-refractivity contribution >= 4 is 23.4 Å². The molecule has 0 bridgehead atoms. The average Bonchev–Trinajstić information content (AvgIpc) is 2.79. The van der Waals surface area contributed by atoms with Gasteiger partial charge >= 0.3 is 0 Å². The van der Waals surface area contributed by atoms with Crippen molar-refractivity contribution in [2.75, 3.05) is 20.3 Å². The third kappa shape index (κ3) is 7.45. The second-order valence-corrected chi connectivity index (χ2v) is 8.05. The van der Waals surface area contributed by atoms with Crippen LogP contribution >= 0.6 is 11.6 Å². The summed E-state index contributed by atoms with van der Waals surface area (Å²) >= 11 is 6.07. The van der Waals surface area contributed by atoms with Crippen LogP contribution in [0.5, 0.6) is 11.5 Å². The molecular formula is C25H33ClN2O4. The summed E-state index contributed by atoms with van der Waals surface area (Å²) in [4.78, 5) is 27.7. The van der Waals surface area contributed by atoms with E-state index in [-0.39, 0.29) is 25.0 Å². The molecule has 7 heteroatoms. The van der Waals surface area contributed by atoms with Crippen LogP contribution in [-0.4, -0.2) is 43.0 Å². The summed E-state index contributed by atoms with van der Waals surface area (Å²) in [5, 5.41) is 3.59. The molecule has 0 saturated carbocycles. The van der Waals surface area contributed by atoms with Crippen molar-refractivity contribution in [3.8, 4) is 11.5 Å². The van der Waals surface area contributed by atoms with Crippen molar-refractivity contribution in [1.82, 2.24) is 10.2 Å². The van der Waals surface area contributed by atoms with Crippen LogP contribution in [0.2, 0.25) is 5.02 Å². The highest BCUT2D eigenvalue weighted by molar-refractivity contribution is 6.31. The predicted molar refractivity (Wildman–Crippen MR) is 127 cm³/mol. The highest BCUT2D eigenvalue weighted by Crippen LogP contribution is 2.22. The van der Waals surface area contributed by atoms with Gasteiger partial charge in [0.15, 0.2) is 6.61 Å². The minimum atomic E-state index is -0.596. The monoisotopic (exact) mass is 460 g/mol. The average molecular weight is 461 g/mol. The maximum Gasteiger partial charge on any atom is 0.261 e. The normalized spacial score (nSPS) is 11.5. The summed E-state index contributed by atoms with van der Waals surface area (Å²) in [5.41, 5.74) is 1.74. The third-order valence-electron chi connectivity index (χ3n) is 5.19. The molecule has 0 radical (unpaired) electrons. The lowest BCUT2D eigenvalue weighted by atomic mass is 10.1. The van der Waals surface area contributed by atoms with Crippen molar-refractivity contribution in [3.05, 3.63) is 58.6 Å². The van der Waals surface area contributed by atoms with Crippen molar-refractivity contribution in [3.63, 3.8) is 0 Å². The molecule has 32 heavy (non-hydrogen) atoms. The van der Waals surface area contributed by atoms with Gasteiger partial charge in [-0.25, -0.2) is 0 Å². The van der Waals surface area contributed by atoms with E-state index in [0.29, 0.717) is 29.5 Å². The highest BCUT2D eigenvalue weighted by atomic mass is 35.5. The Morgan fingerprint density at radius 3 is 2.56 bits per heavy atom. The Morgan fingerprint density at radius 1 is 1.12 bits per heavy atom. The Balaban J connectivity index is 2.20. The van der Waals surface area contributed by atoms with Gasteiger partial charge in [0.1, 0.15) is 17.5 Å². The molecule has 1 atom stereocenters. The molecule has 2 aromatic rings. The number of rotatable bonds is 12. The molecule has 0 aromatic heterocycles. The number of nitrogens with zero attached hydrogens (tertiary/aromatic N) is 1. The molecule has 2 rings (SSSR count). The second-order valence-electron chi connectivity index (χ2n) is 7.64. The fourth-order valence-corrected chi connectivity index (χ4v) is 3.45. The topological polar surface area (TPSA) is 67.9 Å². The maximum absolute atomic E-state index is 13.2. The fraction of sp³-hybridized carbons (Fsp3) is 0.440. The quantitative estimate of drug-likeness (QED) is 0.464. The van der Waals surface area contributed by atoms with Gasteiger partial charge < -0.3 is 19.7 Å². The van der Waals surface area contributed by atoms with E-state index in [1.807, 2.05) is 38.1 Å². The zero-order chi connectivity index (χ0) is 23.5. The number of aryl methyl sites for hydroxylation is 1. The first-order chi connectivity index (χ1) is 15.4. The number of nitrogens with one attached hydrogen (secondary N) is 1. The zero-order valence-electron chi connectivity index (χ0n) is 19.3. The first-order valence-corrected chi connectivity index (χ1v) is 11.4. The van der Waals surface area contributed by atoms with Crippen LogP contribution in [0.25, 0.3) is 0 Å². The lowest BCUT2D eigenvalue weighted by molar-refractivity contribution is -0.143. The van der Waals surface area contributed by atoms with Crippen molar-refractivity contribution in [2.45, 2.75) is 52.6 Å². The van der Waals surface area contributed by atoms with Gasteiger partial charge in [-0.3, -0.25) is 9.59 Å². The summed E-state index contributed by atoms with van der Waals surface area (Å²) in [7, 11) is 1.60. The summed E-state index contributed by atoms with van der Waals surface area (Å²) in [5.74, 6) is 0.836. The molecule has 2 amide bonds. The Hall–Kier alpha value is -2.73. The first-order valence-electron chi connectivity index (χ1n) is 11.0. The second kappa shape index (κ2) is 13.0. The molecule has 1 unspecified atom stereocenters. The van der Waals surface area contributed by atoms with Crippen LogP contribution in [0.15, 0.2) is 42.5 Å². The zero-order valence-corrected chi connectivity index (χ0v) is 20.1. The predicted octanol–water partition coefficient (Wildman–Crippen LogP) is 4.76. The molecule has 0 spiro atoms. The smallest absolute Gasteiger partial charge is 0.261 e. The molecule has 0 aliphatic heterocycles. The van der Waals surface area contributed by atoms with Crippen LogP contribution < -0.4 is 14.8 Å². The van der Waals surface area contributed by atoms with Gasteiger partial charge in [-0.1, -0.05) is 44.0 Å². The van der Waals surface area contributed by atoms with Crippen molar-refractivity contribution in [1.29, 1.82) is 0 Å². The molecular weight excluding hydrogens is 428 g/mol. The number of hydrogen-bond acceptors (Lipinski definition) is 4. The highest BCUT2D eigenvalue weighted by Gasteiger charge is 2.29. The largest absolute Gasteiger partial charge is 0.497 e. The standard InChI is InChI=1S/C25H33ClN2O4/c1-5-7-13-27-25(30)23(6-2)28(16-19-9-8-10-20(15-19)31-4)24(29)17-32-21-11-12-22(26)18(3)14-21/h8-12,14-15,23H,5-7,13,16-17H2,1-4H3,(H,27,30). The number of methoxy groups -OCH3 is 1. The van der Waals surface area contributed by atoms with Gasteiger partial charge in [-0.15, -0.1) is 0 Å². The number of unbranched alkanes of at least 4 members (excludes halogenated alkanes) is 1. The van der Waals surface area contributed by atoms with E-state index < -0.39 is 6.04 Å². The molecule has 6 nitrogen and oxygen atoms in total. The number of carbonyl (C=O) groups excluding carboxylic acids is 2. The summed E-state index contributed by atoms with van der Waals surface area (Å²) in [6, 6.07) is 12.1. The minimum absolute atomic E-state index is 0.153. The summed E-state index contributed by atoms with van der Waals surface area (Å²) in [6.45, 7) is 6.53. The van der Waals surface area contributed by atoms with Crippen molar-refractivity contribution < 1.29 is 19.1 Å². The fourth-order valence-electron chi connectivity index (χ4n) is 3.33. The van der Waals surface area contributed by atoms with Gasteiger partial charge in [-0.05, 0) is 61.2 Å². The van der Waals surface area contributed by atoms with Gasteiger partial charge in [-0.2, -0.15) is 0 Å². The van der Waals surface area contributed by atoms with E-state index in [9.17, 15) is 9.59 Å².